The van der Waals surface area contributed by atoms with Gasteiger partial charge in [0.1, 0.15) is 11.5 Å². The molecule has 0 aliphatic carbocycles. The molecule has 1 rings (SSSR count). The molecule has 0 heterocycles. The van der Waals surface area contributed by atoms with Crippen molar-refractivity contribution in [2.75, 3.05) is 0 Å². The molecule has 0 unspecified atom stereocenters. The number of rotatable bonds is 4. The molecule has 2 nitrogen and oxygen atoms in total. The Morgan fingerprint density at radius 3 is 2.25 bits per heavy atom. The normalized spacial score (nSPS) is 12.3. The van der Waals surface area contributed by atoms with Crippen molar-refractivity contribution in [2.45, 2.75) is 30.1 Å². The van der Waals surface area contributed by atoms with Gasteiger partial charge in [-0.3, -0.25) is 4.79 Å². The third-order valence-corrected chi connectivity index (χ3v) is 2.80. The van der Waals surface area contributed by atoms with Crippen molar-refractivity contribution >= 4 is 17.5 Å². The second kappa shape index (κ2) is 5.94. The van der Waals surface area contributed by atoms with Crippen LogP contribution in [0.1, 0.15) is 12.5 Å². The summed E-state index contributed by atoms with van der Waals surface area (Å²) in [5.74, 6) is -1.38. The molecule has 0 N–H and O–H groups in total. The van der Waals surface area contributed by atoms with Crippen molar-refractivity contribution in [1.82, 2.24) is 0 Å². The SMILES string of the molecule is CC(=O)Cc1c(OC(F)(F)F)cccc1SC(F)(F)F. The van der Waals surface area contributed by atoms with E-state index in [1.165, 1.54) is 0 Å². The standard InChI is InChI=1S/C11H8F6O2S/c1-6(18)5-7-8(19-10(12,13)14)3-2-4-9(7)20-11(15,16)17/h2-4H,5H2,1H3. The maximum Gasteiger partial charge on any atom is 0.573 e. The molecular formula is C11H8F6O2S. The van der Waals surface area contributed by atoms with Crippen LogP contribution in [-0.2, 0) is 11.2 Å². The van der Waals surface area contributed by atoms with Crippen molar-refractivity contribution in [3.8, 4) is 5.75 Å². The molecule has 0 atom stereocenters. The van der Waals surface area contributed by atoms with Crippen LogP contribution in [-0.4, -0.2) is 17.7 Å². The molecule has 9 heteroatoms. The Morgan fingerprint density at radius 1 is 1.20 bits per heavy atom. The highest BCUT2D eigenvalue weighted by atomic mass is 32.2. The van der Waals surface area contributed by atoms with Gasteiger partial charge in [0.05, 0.1) is 0 Å². The first-order chi connectivity index (χ1) is 8.98. The molecule has 0 radical (unpaired) electrons. The van der Waals surface area contributed by atoms with E-state index in [0.717, 1.165) is 25.1 Å². The van der Waals surface area contributed by atoms with Gasteiger partial charge in [0, 0.05) is 16.9 Å². The van der Waals surface area contributed by atoms with Crippen LogP contribution in [0.5, 0.6) is 5.75 Å². The highest BCUT2D eigenvalue weighted by Crippen LogP contribution is 2.42. The largest absolute Gasteiger partial charge is 0.573 e. The number of carbonyl (C=O) groups excluding carboxylic acids is 1. The van der Waals surface area contributed by atoms with E-state index in [4.69, 9.17) is 0 Å². The number of carbonyl (C=O) groups is 1. The molecule has 0 bridgehead atoms. The lowest BCUT2D eigenvalue weighted by molar-refractivity contribution is -0.275. The van der Waals surface area contributed by atoms with Crippen LogP contribution in [0.4, 0.5) is 26.3 Å². The zero-order chi connectivity index (χ0) is 15.6. The van der Waals surface area contributed by atoms with E-state index in [9.17, 15) is 31.1 Å². The van der Waals surface area contributed by atoms with Crippen LogP contribution in [0.2, 0.25) is 0 Å². The highest BCUT2D eigenvalue weighted by molar-refractivity contribution is 8.00. The first-order valence-electron chi connectivity index (χ1n) is 5.11. The van der Waals surface area contributed by atoms with E-state index < -0.39 is 52.0 Å². The third kappa shape index (κ3) is 5.72. The fraction of sp³-hybridized carbons (Fsp3) is 0.364. The summed E-state index contributed by atoms with van der Waals surface area (Å²) in [6.45, 7) is 1.06. The summed E-state index contributed by atoms with van der Waals surface area (Å²) in [7, 11) is 0. The zero-order valence-corrected chi connectivity index (χ0v) is 10.7. The van der Waals surface area contributed by atoms with Crippen molar-refractivity contribution in [3.05, 3.63) is 23.8 Å². The van der Waals surface area contributed by atoms with Crippen LogP contribution in [0.15, 0.2) is 23.1 Å². The summed E-state index contributed by atoms with van der Waals surface area (Å²) in [6, 6.07) is 2.85. The average molecular weight is 318 g/mol. The number of halogens is 6. The van der Waals surface area contributed by atoms with Crippen molar-refractivity contribution in [1.29, 1.82) is 0 Å². The summed E-state index contributed by atoms with van der Waals surface area (Å²) in [5.41, 5.74) is -5.11. The Balaban J connectivity index is 3.23. The van der Waals surface area contributed by atoms with Gasteiger partial charge in [-0.15, -0.1) is 13.2 Å². The lowest BCUT2D eigenvalue weighted by atomic mass is 10.1. The predicted molar refractivity (Wildman–Crippen MR) is 59.4 cm³/mol. The lowest BCUT2D eigenvalue weighted by Crippen LogP contribution is -2.19. The van der Waals surface area contributed by atoms with Gasteiger partial charge in [-0.1, -0.05) is 6.07 Å². The Kier molecular flexibility index (Phi) is 4.95. The molecule has 0 fully saturated rings. The van der Waals surface area contributed by atoms with Crippen LogP contribution in [0.3, 0.4) is 0 Å². The summed E-state index contributed by atoms with van der Waals surface area (Å²) in [4.78, 5) is 10.5. The molecule has 0 aliphatic heterocycles. The Morgan fingerprint density at radius 2 is 1.80 bits per heavy atom. The molecule has 0 saturated heterocycles. The van der Waals surface area contributed by atoms with E-state index in [0.29, 0.717) is 0 Å². The van der Waals surface area contributed by atoms with Gasteiger partial charge in [0.25, 0.3) is 0 Å². The quantitative estimate of drug-likeness (QED) is 0.610. The van der Waals surface area contributed by atoms with Gasteiger partial charge in [0.15, 0.2) is 0 Å². The van der Waals surface area contributed by atoms with Gasteiger partial charge >= 0.3 is 11.9 Å². The lowest BCUT2D eigenvalue weighted by Gasteiger charge is -2.16. The van der Waals surface area contributed by atoms with Crippen molar-refractivity contribution in [3.63, 3.8) is 0 Å². The van der Waals surface area contributed by atoms with E-state index in [-0.39, 0.29) is 0 Å². The summed E-state index contributed by atoms with van der Waals surface area (Å²) in [5, 5.41) is 0. The van der Waals surface area contributed by atoms with E-state index in [1.807, 2.05) is 0 Å². The zero-order valence-electron chi connectivity index (χ0n) is 9.93. The number of Topliss-reactive ketones (excluding diaryl/α,β-unsaturated/α-hetero) is 1. The average Bonchev–Trinajstić information content (AvgIpc) is 2.18. The van der Waals surface area contributed by atoms with Crippen LogP contribution < -0.4 is 4.74 Å². The number of hydrogen-bond donors (Lipinski definition) is 0. The second-order valence-electron chi connectivity index (χ2n) is 3.71. The van der Waals surface area contributed by atoms with Gasteiger partial charge in [0.2, 0.25) is 0 Å². The molecule has 0 spiro atoms. The fourth-order valence-corrected chi connectivity index (χ4v) is 2.10. The smallest absolute Gasteiger partial charge is 0.405 e. The van der Waals surface area contributed by atoms with Gasteiger partial charge in [-0.05, 0) is 30.8 Å². The van der Waals surface area contributed by atoms with Crippen molar-refractivity contribution < 1.29 is 35.9 Å². The number of benzene rings is 1. The molecule has 0 saturated carbocycles. The topological polar surface area (TPSA) is 26.3 Å². The third-order valence-electron chi connectivity index (χ3n) is 1.97. The van der Waals surface area contributed by atoms with Crippen molar-refractivity contribution in [2.24, 2.45) is 0 Å². The number of alkyl halides is 6. The monoisotopic (exact) mass is 318 g/mol. The first-order valence-corrected chi connectivity index (χ1v) is 5.92. The van der Waals surface area contributed by atoms with Gasteiger partial charge in [-0.2, -0.15) is 13.2 Å². The molecule has 0 aliphatic rings. The molecule has 1 aromatic rings. The number of thioether (sulfide) groups is 1. The number of ether oxygens (including phenoxy) is 1. The summed E-state index contributed by atoms with van der Waals surface area (Å²) < 4.78 is 77.3. The maximum atomic E-state index is 12.3. The van der Waals surface area contributed by atoms with E-state index in [1.54, 1.807) is 0 Å². The summed E-state index contributed by atoms with van der Waals surface area (Å²) in [6.07, 6.45) is -5.63. The van der Waals surface area contributed by atoms with Crippen LogP contribution >= 0.6 is 11.8 Å². The molecule has 112 valence electrons. The van der Waals surface area contributed by atoms with Crippen LogP contribution in [0, 0.1) is 0 Å². The number of hydrogen-bond acceptors (Lipinski definition) is 3. The first kappa shape index (κ1) is 16.7. The van der Waals surface area contributed by atoms with Gasteiger partial charge < -0.3 is 4.74 Å². The molecule has 20 heavy (non-hydrogen) atoms. The number of ketones is 1. The molecular weight excluding hydrogens is 310 g/mol. The fourth-order valence-electron chi connectivity index (χ4n) is 1.41. The molecule has 0 aromatic heterocycles. The molecule has 1 aromatic carbocycles. The predicted octanol–water partition coefficient (Wildman–Crippen LogP) is 4.33. The molecule has 0 amide bonds. The Hall–Kier alpha value is -1.38. The minimum Gasteiger partial charge on any atom is -0.405 e. The van der Waals surface area contributed by atoms with Gasteiger partial charge in [-0.25, -0.2) is 0 Å². The van der Waals surface area contributed by atoms with Crippen LogP contribution in [0.25, 0.3) is 0 Å². The summed E-state index contributed by atoms with van der Waals surface area (Å²) >= 11 is -0.590. The Bertz CT molecular complexity index is 460. The maximum absolute atomic E-state index is 12.3. The second-order valence-corrected chi connectivity index (χ2v) is 4.81. The van der Waals surface area contributed by atoms with E-state index in [2.05, 4.69) is 4.74 Å². The Labute approximate surface area is 114 Å². The highest BCUT2D eigenvalue weighted by Gasteiger charge is 2.35. The minimum atomic E-state index is -5.05. The van der Waals surface area contributed by atoms with E-state index >= 15 is 0 Å². The minimum absolute atomic E-state index is 0.431.